The lowest BCUT2D eigenvalue weighted by Gasteiger charge is -2.25. The molecule has 1 amide bonds. The van der Waals surface area contributed by atoms with Crippen molar-refractivity contribution in [2.45, 2.75) is 58.0 Å². The Morgan fingerprint density at radius 2 is 1.90 bits per heavy atom. The van der Waals surface area contributed by atoms with Crippen molar-refractivity contribution < 1.29 is 13.6 Å². The third-order valence-corrected chi connectivity index (χ3v) is 3.99. The summed E-state index contributed by atoms with van der Waals surface area (Å²) < 4.78 is 27.6. The fraction of sp³-hybridized carbons (Fsp3) is 0.562. The summed E-state index contributed by atoms with van der Waals surface area (Å²) in [5.74, 6) is -1.55. The maximum absolute atomic E-state index is 13.9. The minimum absolute atomic E-state index is 0.183. The smallest absolute Gasteiger partial charge is 0.242 e. The Bertz CT molecular complexity index is 513. The summed E-state index contributed by atoms with van der Waals surface area (Å²) in [7, 11) is 0. The maximum atomic E-state index is 13.9. The van der Waals surface area contributed by atoms with Gasteiger partial charge in [-0.15, -0.1) is 0 Å². The van der Waals surface area contributed by atoms with Crippen LogP contribution in [0.4, 0.5) is 14.5 Å². The first kappa shape index (κ1) is 15.7. The van der Waals surface area contributed by atoms with Crippen LogP contribution in [0.5, 0.6) is 0 Å². The lowest BCUT2D eigenvalue weighted by Crippen LogP contribution is -2.44. The third kappa shape index (κ3) is 3.93. The SMILES string of the molecule is Cc1ccc(F)c(NC(C)C(=O)NC2CCCCC2)c1F. The van der Waals surface area contributed by atoms with Crippen molar-refractivity contribution in [1.82, 2.24) is 5.32 Å². The summed E-state index contributed by atoms with van der Waals surface area (Å²) in [4.78, 5) is 12.1. The van der Waals surface area contributed by atoms with Crippen molar-refractivity contribution in [2.75, 3.05) is 5.32 Å². The molecule has 1 aliphatic carbocycles. The normalized spacial score (nSPS) is 17.3. The van der Waals surface area contributed by atoms with Crippen molar-refractivity contribution in [3.05, 3.63) is 29.3 Å². The topological polar surface area (TPSA) is 41.1 Å². The van der Waals surface area contributed by atoms with Gasteiger partial charge in [-0.05, 0) is 38.3 Å². The highest BCUT2D eigenvalue weighted by Crippen LogP contribution is 2.23. The summed E-state index contributed by atoms with van der Waals surface area (Å²) in [6.07, 6.45) is 5.40. The molecule has 1 saturated carbocycles. The van der Waals surface area contributed by atoms with E-state index in [1.807, 2.05) is 0 Å². The number of halogens is 2. The van der Waals surface area contributed by atoms with E-state index in [9.17, 15) is 13.6 Å². The van der Waals surface area contributed by atoms with Gasteiger partial charge in [0, 0.05) is 6.04 Å². The number of nitrogens with one attached hydrogen (secondary N) is 2. The summed E-state index contributed by atoms with van der Waals surface area (Å²) in [6, 6.07) is 2.08. The number of rotatable bonds is 4. The van der Waals surface area contributed by atoms with Crippen molar-refractivity contribution >= 4 is 11.6 Å². The molecule has 1 fully saturated rings. The van der Waals surface area contributed by atoms with Gasteiger partial charge in [0.05, 0.1) is 0 Å². The summed E-state index contributed by atoms with van der Waals surface area (Å²) in [6.45, 7) is 3.17. The second-order valence-electron chi connectivity index (χ2n) is 5.76. The molecule has 2 rings (SSSR count). The van der Waals surface area contributed by atoms with Gasteiger partial charge in [0.1, 0.15) is 17.5 Å². The molecule has 1 atom stereocenters. The first-order valence-corrected chi connectivity index (χ1v) is 7.50. The summed E-state index contributed by atoms with van der Waals surface area (Å²) in [5.41, 5.74) is 0.111. The van der Waals surface area contributed by atoms with Gasteiger partial charge in [-0.25, -0.2) is 8.78 Å². The Kier molecular flexibility index (Phi) is 5.15. The molecule has 1 aliphatic rings. The number of anilines is 1. The molecule has 0 aromatic heterocycles. The van der Waals surface area contributed by atoms with Gasteiger partial charge in [-0.3, -0.25) is 4.79 Å². The van der Waals surface area contributed by atoms with Crippen LogP contribution in [0, 0.1) is 18.6 Å². The molecule has 2 N–H and O–H groups in total. The Labute approximate surface area is 124 Å². The van der Waals surface area contributed by atoms with Gasteiger partial charge in [0.15, 0.2) is 5.82 Å². The Balaban J connectivity index is 1.99. The van der Waals surface area contributed by atoms with E-state index >= 15 is 0 Å². The zero-order valence-electron chi connectivity index (χ0n) is 12.5. The highest BCUT2D eigenvalue weighted by Gasteiger charge is 2.21. The average Bonchev–Trinajstić information content (AvgIpc) is 2.48. The number of benzene rings is 1. The molecule has 0 spiro atoms. The Morgan fingerprint density at radius 3 is 2.57 bits per heavy atom. The molecule has 1 aromatic rings. The van der Waals surface area contributed by atoms with E-state index in [1.54, 1.807) is 13.8 Å². The molecule has 1 aromatic carbocycles. The fourth-order valence-corrected chi connectivity index (χ4v) is 2.64. The largest absolute Gasteiger partial charge is 0.369 e. The third-order valence-electron chi connectivity index (χ3n) is 3.99. The predicted molar refractivity (Wildman–Crippen MR) is 79.2 cm³/mol. The summed E-state index contributed by atoms with van der Waals surface area (Å²) >= 11 is 0. The van der Waals surface area contributed by atoms with Crippen LogP contribution in [0.25, 0.3) is 0 Å². The van der Waals surface area contributed by atoms with Gasteiger partial charge in [-0.1, -0.05) is 25.3 Å². The van der Waals surface area contributed by atoms with Crippen LogP contribution >= 0.6 is 0 Å². The molecule has 116 valence electrons. The van der Waals surface area contributed by atoms with Crippen LogP contribution in [0.3, 0.4) is 0 Å². The van der Waals surface area contributed by atoms with Gasteiger partial charge in [0.2, 0.25) is 5.91 Å². The van der Waals surface area contributed by atoms with Crippen LogP contribution in [0.2, 0.25) is 0 Å². The van der Waals surface area contributed by atoms with Crippen LogP contribution < -0.4 is 10.6 Å². The molecule has 0 heterocycles. The van der Waals surface area contributed by atoms with Crippen LogP contribution in [-0.4, -0.2) is 18.0 Å². The zero-order valence-corrected chi connectivity index (χ0v) is 12.5. The highest BCUT2D eigenvalue weighted by atomic mass is 19.1. The molecule has 21 heavy (non-hydrogen) atoms. The number of amides is 1. The molecule has 3 nitrogen and oxygen atoms in total. The Hall–Kier alpha value is -1.65. The lowest BCUT2D eigenvalue weighted by atomic mass is 9.95. The van der Waals surface area contributed by atoms with Gasteiger partial charge >= 0.3 is 0 Å². The van der Waals surface area contributed by atoms with E-state index < -0.39 is 17.7 Å². The first-order chi connectivity index (χ1) is 9.99. The number of carbonyl (C=O) groups excluding carboxylic acids is 1. The number of hydrogen-bond acceptors (Lipinski definition) is 2. The minimum Gasteiger partial charge on any atom is -0.369 e. The van der Waals surface area contributed by atoms with Crippen LogP contribution in [0.1, 0.15) is 44.6 Å². The quantitative estimate of drug-likeness (QED) is 0.892. The van der Waals surface area contributed by atoms with Crippen molar-refractivity contribution in [2.24, 2.45) is 0 Å². The second-order valence-corrected chi connectivity index (χ2v) is 5.76. The van der Waals surface area contributed by atoms with E-state index in [-0.39, 0.29) is 17.6 Å². The van der Waals surface area contributed by atoms with Gasteiger partial charge in [0.25, 0.3) is 0 Å². The van der Waals surface area contributed by atoms with E-state index in [0.717, 1.165) is 25.7 Å². The standard InChI is InChI=1S/C16H22F2N2O/c1-10-8-9-13(17)15(14(10)18)19-11(2)16(21)20-12-6-4-3-5-7-12/h8-9,11-12,19H,3-7H2,1-2H3,(H,20,21). The van der Waals surface area contributed by atoms with Crippen LogP contribution in [-0.2, 0) is 4.79 Å². The number of hydrogen-bond donors (Lipinski definition) is 2. The molecule has 0 radical (unpaired) electrons. The number of carbonyl (C=O) groups is 1. The first-order valence-electron chi connectivity index (χ1n) is 7.50. The number of aryl methyl sites for hydroxylation is 1. The fourth-order valence-electron chi connectivity index (χ4n) is 2.64. The predicted octanol–water partition coefficient (Wildman–Crippen LogP) is 3.52. The molecule has 0 saturated heterocycles. The van der Waals surface area contributed by atoms with Crippen molar-refractivity contribution in [3.63, 3.8) is 0 Å². The average molecular weight is 296 g/mol. The molecule has 0 aliphatic heterocycles. The van der Waals surface area contributed by atoms with E-state index in [4.69, 9.17) is 0 Å². The van der Waals surface area contributed by atoms with E-state index in [1.165, 1.54) is 18.6 Å². The molecule has 5 heteroatoms. The molecular formula is C16H22F2N2O. The molecular weight excluding hydrogens is 274 g/mol. The molecule has 1 unspecified atom stereocenters. The van der Waals surface area contributed by atoms with Gasteiger partial charge in [-0.2, -0.15) is 0 Å². The monoisotopic (exact) mass is 296 g/mol. The maximum Gasteiger partial charge on any atom is 0.242 e. The van der Waals surface area contributed by atoms with E-state index in [2.05, 4.69) is 10.6 Å². The zero-order chi connectivity index (χ0) is 15.4. The highest BCUT2D eigenvalue weighted by molar-refractivity contribution is 5.84. The van der Waals surface area contributed by atoms with Crippen LogP contribution in [0.15, 0.2) is 12.1 Å². The minimum atomic E-state index is -0.685. The van der Waals surface area contributed by atoms with E-state index in [0.29, 0.717) is 5.56 Å². The molecule has 0 bridgehead atoms. The summed E-state index contributed by atoms with van der Waals surface area (Å²) in [5, 5.41) is 5.59. The van der Waals surface area contributed by atoms with Gasteiger partial charge < -0.3 is 10.6 Å². The van der Waals surface area contributed by atoms with Crippen molar-refractivity contribution in [3.8, 4) is 0 Å². The lowest BCUT2D eigenvalue weighted by molar-refractivity contribution is -0.122. The van der Waals surface area contributed by atoms with Crippen molar-refractivity contribution in [1.29, 1.82) is 0 Å². The second kappa shape index (κ2) is 6.87. The Morgan fingerprint density at radius 1 is 1.24 bits per heavy atom.